The second-order valence-electron chi connectivity index (χ2n) is 5.96. The zero-order valence-electron chi connectivity index (χ0n) is 11.9. The normalized spacial score (nSPS) is 24.9. The van der Waals surface area contributed by atoms with Crippen molar-refractivity contribution in [3.05, 3.63) is 29.8 Å². The highest BCUT2D eigenvalue weighted by atomic mass is 35.5. The van der Waals surface area contributed by atoms with Gasteiger partial charge >= 0.3 is 0 Å². The van der Waals surface area contributed by atoms with Gasteiger partial charge in [-0.25, -0.2) is 9.37 Å². The molecule has 3 nitrogen and oxygen atoms in total. The van der Waals surface area contributed by atoms with Crippen LogP contribution in [0, 0.1) is 11.2 Å². The van der Waals surface area contributed by atoms with Crippen LogP contribution in [0.25, 0.3) is 11.0 Å². The van der Waals surface area contributed by atoms with Crippen LogP contribution in [0.1, 0.15) is 32.1 Å². The second kappa shape index (κ2) is 4.71. The summed E-state index contributed by atoms with van der Waals surface area (Å²) in [7, 11) is 1.73. The van der Waals surface area contributed by atoms with Gasteiger partial charge in [-0.05, 0) is 24.6 Å². The van der Waals surface area contributed by atoms with Crippen LogP contribution >= 0.6 is 11.6 Å². The van der Waals surface area contributed by atoms with Crippen LogP contribution in [0.15, 0.2) is 18.2 Å². The van der Waals surface area contributed by atoms with Gasteiger partial charge in [-0.2, -0.15) is 0 Å². The monoisotopic (exact) mass is 296 g/mol. The average molecular weight is 297 g/mol. The standard InChI is InChI=1S/C15H18ClFN2O/c1-15(2)12(7-13(15)20-3)19-11-6-9(17)4-5-10(11)18-14(19)8-16/h4-6,12-13H,7-8H2,1-3H3. The van der Waals surface area contributed by atoms with Crippen molar-refractivity contribution >= 4 is 22.6 Å². The molecule has 0 amide bonds. The van der Waals surface area contributed by atoms with Gasteiger partial charge < -0.3 is 9.30 Å². The maximum atomic E-state index is 13.6. The average Bonchev–Trinajstić information content (AvgIpc) is 2.76. The predicted octanol–water partition coefficient (Wildman–Crippen LogP) is 3.90. The number of hydrogen-bond donors (Lipinski definition) is 0. The molecule has 2 atom stereocenters. The number of ether oxygens (including phenoxy) is 1. The molecule has 1 aliphatic rings. The fourth-order valence-electron chi connectivity index (χ4n) is 3.26. The quantitative estimate of drug-likeness (QED) is 0.803. The first-order valence-corrected chi connectivity index (χ1v) is 7.27. The van der Waals surface area contributed by atoms with E-state index in [1.807, 2.05) is 0 Å². The maximum Gasteiger partial charge on any atom is 0.125 e. The molecular weight excluding hydrogens is 279 g/mol. The molecule has 0 bridgehead atoms. The van der Waals surface area contributed by atoms with E-state index >= 15 is 0 Å². The maximum absolute atomic E-state index is 13.6. The van der Waals surface area contributed by atoms with Crippen LogP contribution in [-0.4, -0.2) is 22.8 Å². The van der Waals surface area contributed by atoms with Crippen LogP contribution in [0.2, 0.25) is 0 Å². The van der Waals surface area contributed by atoms with Gasteiger partial charge in [-0.15, -0.1) is 11.6 Å². The lowest BCUT2D eigenvalue weighted by Gasteiger charge is -2.52. The summed E-state index contributed by atoms with van der Waals surface area (Å²) < 4.78 is 21.1. The largest absolute Gasteiger partial charge is 0.381 e. The molecule has 1 aliphatic carbocycles. The molecular formula is C15H18ClFN2O. The summed E-state index contributed by atoms with van der Waals surface area (Å²) in [5, 5.41) is 0. The summed E-state index contributed by atoms with van der Waals surface area (Å²) >= 11 is 6.02. The molecule has 108 valence electrons. The molecule has 0 saturated heterocycles. The Hall–Kier alpha value is -1.13. The molecule has 0 radical (unpaired) electrons. The van der Waals surface area contributed by atoms with Crippen molar-refractivity contribution in [3.63, 3.8) is 0 Å². The Morgan fingerprint density at radius 2 is 2.25 bits per heavy atom. The molecule has 1 heterocycles. The van der Waals surface area contributed by atoms with Gasteiger partial charge in [0.15, 0.2) is 0 Å². The number of methoxy groups -OCH3 is 1. The Labute approximate surface area is 122 Å². The lowest BCUT2D eigenvalue weighted by Crippen LogP contribution is -2.51. The van der Waals surface area contributed by atoms with Gasteiger partial charge in [-0.3, -0.25) is 0 Å². The number of alkyl halides is 1. The Bertz CT molecular complexity index is 653. The highest BCUT2D eigenvalue weighted by Crippen LogP contribution is 2.52. The molecule has 0 spiro atoms. The van der Waals surface area contributed by atoms with E-state index in [0.717, 1.165) is 23.3 Å². The van der Waals surface area contributed by atoms with Gasteiger partial charge in [0.25, 0.3) is 0 Å². The number of halogens is 2. The minimum absolute atomic E-state index is 0.0183. The van der Waals surface area contributed by atoms with Gasteiger partial charge in [0.2, 0.25) is 0 Å². The first-order valence-electron chi connectivity index (χ1n) is 6.74. The zero-order valence-corrected chi connectivity index (χ0v) is 12.6. The SMILES string of the molecule is COC1CC(n2c(CCl)nc3ccc(F)cc32)C1(C)C. The number of benzene rings is 1. The first kappa shape index (κ1) is 13.8. The number of nitrogens with zero attached hydrogens (tertiary/aromatic N) is 2. The van der Waals surface area contributed by atoms with E-state index in [1.165, 1.54) is 12.1 Å². The molecule has 2 unspecified atom stereocenters. The van der Waals surface area contributed by atoms with Crippen LogP contribution in [0.3, 0.4) is 0 Å². The van der Waals surface area contributed by atoms with Crippen LogP contribution < -0.4 is 0 Å². The molecule has 3 rings (SSSR count). The van der Waals surface area contributed by atoms with E-state index in [-0.39, 0.29) is 23.4 Å². The van der Waals surface area contributed by atoms with E-state index in [2.05, 4.69) is 23.4 Å². The Morgan fingerprint density at radius 3 is 2.85 bits per heavy atom. The van der Waals surface area contributed by atoms with Crippen molar-refractivity contribution in [2.24, 2.45) is 5.41 Å². The number of aromatic nitrogens is 2. The summed E-state index contributed by atoms with van der Waals surface area (Å²) in [5.41, 5.74) is 1.59. The summed E-state index contributed by atoms with van der Waals surface area (Å²) in [6.45, 7) is 4.33. The van der Waals surface area contributed by atoms with Gasteiger partial charge in [0, 0.05) is 18.6 Å². The van der Waals surface area contributed by atoms with Crippen LogP contribution in [0.4, 0.5) is 4.39 Å². The topological polar surface area (TPSA) is 27.1 Å². The highest BCUT2D eigenvalue weighted by Gasteiger charge is 2.50. The minimum Gasteiger partial charge on any atom is -0.381 e. The highest BCUT2D eigenvalue weighted by molar-refractivity contribution is 6.16. The van der Waals surface area contributed by atoms with Crippen LogP contribution in [-0.2, 0) is 10.6 Å². The molecule has 1 saturated carbocycles. The van der Waals surface area contributed by atoms with Gasteiger partial charge in [0.05, 0.1) is 23.0 Å². The molecule has 0 N–H and O–H groups in total. The Morgan fingerprint density at radius 1 is 1.50 bits per heavy atom. The first-order chi connectivity index (χ1) is 9.48. The molecule has 5 heteroatoms. The van der Waals surface area contributed by atoms with E-state index in [0.29, 0.717) is 5.88 Å². The molecule has 20 heavy (non-hydrogen) atoms. The van der Waals surface area contributed by atoms with Crippen molar-refractivity contribution < 1.29 is 9.13 Å². The zero-order chi connectivity index (χ0) is 14.5. The molecule has 1 fully saturated rings. The fraction of sp³-hybridized carbons (Fsp3) is 0.533. The second-order valence-corrected chi connectivity index (χ2v) is 6.23. The Kier molecular flexibility index (Phi) is 3.26. The summed E-state index contributed by atoms with van der Waals surface area (Å²) in [4.78, 5) is 4.52. The molecule has 1 aromatic carbocycles. The number of imidazole rings is 1. The smallest absolute Gasteiger partial charge is 0.125 e. The third-order valence-corrected chi connectivity index (χ3v) is 4.81. The fourth-order valence-corrected chi connectivity index (χ4v) is 3.45. The third-order valence-electron chi connectivity index (χ3n) is 4.57. The molecule has 2 aromatic rings. The number of hydrogen-bond acceptors (Lipinski definition) is 2. The predicted molar refractivity (Wildman–Crippen MR) is 77.5 cm³/mol. The van der Waals surface area contributed by atoms with Crippen molar-refractivity contribution in [2.45, 2.75) is 38.3 Å². The van der Waals surface area contributed by atoms with E-state index in [1.54, 1.807) is 13.2 Å². The number of fused-ring (bicyclic) bond motifs is 1. The van der Waals surface area contributed by atoms with Crippen molar-refractivity contribution in [1.82, 2.24) is 9.55 Å². The lowest BCUT2D eigenvalue weighted by molar-refractivity contribution is -0.112. The van der Waals surface area contributed by atoms with E-state index in [4.69, 9.17) is 16.3 Å². The Balaban J connectivity index is 2.13. The minimum atomic E-state index is -0.250. The van der Waals surface area contributed by atoms with Gasteiger partial charge in [0.1, 0.15) is 11.6 Å². The summed E-state index contributed by atoms with van der Waals surface area (Å²) in [6, 6.07) is 4.90. The van der Waals surface area contributed by atoms with Gasteiger partial charge in [-0.1, -0.05) is 13.8 Å². The van der Waals surface area contributed by atoms with Crippen molar-refractivity contribution in [2.75, 3.05) is 7.11 Å². The summed E-state index contributed by atoms with van der Waals surface area (Å²) in [5.74, 6) is 0.862. The molecule has 0 aliphatic heterocycles. The third kappa shape index (κ3) is 1.85. The van der Waals surface area contributed by atoms with E-state index < -0.39 is 0 Å². The molecule has 1 aromatic heterocycles. The number of rotatable bonds is 3. The lowest BCUT2D eigenvalue weighted by atomic mass is 9.64. The summed E-state index contributed by atoms with van der Waals surface area (Å²) in [6.07, 6.45) is 1.11. The van der Waals surface area contributed by atoms with Crippen molar-refractivity contribution in [1.29, 1.82) is 0 Å². The van der Waals surface area contributed by atoms with Crippen LogP contribution in [0.5, 0.6) is 0 Å². The van der Waals surface area contributed by atoms with E-state index in [9.17, 15) is 4.39 Å². The van der Waals surface area contributed by atoms with Crippen molar-refractivity contribution in [3.8, 4) is 0 Å².